The molecular formula is C20H26ClN3O2. The third-order valence-electron chi connectivity index (χ3n) is 3.97. The SMILES string of the molecule is CC(C)C(=O)Nc1ccc(CNC(=O)C(CN)c2ccccc2)cc1.Cl. The number of nitrogens with two attached hydrogens (primary N) is 1. The Morgan fingerprint density at radius 2 is 1.58 bits per heavy atom. The highest BCUT2D eigenvalue weighted by molar-refractivity contribution is 5.92. The Morgan fingerprint density at radius 3 is 2.12 bits per heavy atom. The van der Waals surface area contributed by atoms with E-state index in [1.54, 1.807) is 0 Å². The van der Waals surface area contributed by atoms with Crippen LogP contribution in [0.1, 0.15) is 30.9 Å². The van der Waals surface area contributed by atoms with Crippen molar-refractivity contribution in [1.82, 2.24) is 5.32 Å². The summed E-state index contributed by atoms with van der Waals surface area (Å²) in [6, 6.07) is 17.0. The Balaban J connectivity index is 0.00000338. The summed E-state index contributed by atoms with van der Waals surface area (Å²) in [5, 5.41) is 5.76. The van der Waals surface area contributed by atoms with Crippen LogP contribution in [0.3, 0.4) is 0 Å². The standard InChI is InChI=1S/C20H25N3O2.ClH/c1-14(2)19(24)23-17-10-8-15(9-11-17)13-22-20(25)18(12-21)16-6-4-3-5-7-16;/h3-11,14,18H,12-13,21H2,1-2H3,(H,22,25)(H,23,24);1H. The van der Waals surface area contributed by atoms with Gasteiger partial charge in [0, 0.05) is 24.7 Å². The molecule has 26 heavy (non-hydrogen) atoms. The molecule has 0 fully saturated rings. The molecule has 2 aromatic rings. The van der Waals surface area contributed by atoms with Crippen LogP contribution in [0.15, 0.2) is 54.6 Å². The Morgan fingerprint density at radius 1 is 0.962 bits per heavy atom. The van der Waals surface area contributed by atoms with E-state index in [4.69, 9.17) is 5.73 Å². The van der Waals surface area contributed by atoms with Crippen molar-refractivity contribution in [2.45, 2.75) is 26.3 Å². The highest BCUT2D eigenvalue weighted by atomic mass is 35.5. The summed E-state index contributed by atoms with van der Waals surface area (Å²) in [5.74, 6) is -0.531. The van der Waals surface area contributed by atoms with Crippen LogP contribution in [-0.2, 0) is 16.1 Å². The maximum atomic E-state index is 12.4. The van der Waals surface area contributed by atoms with Gasteiger partial charge in [-0.3, -0.25) is 9.59 Å². The topological polar surface area (TPSA) is 84.2 Å². The van der Waals surface area contributed by atoms with E-state index < -0.39 is 0 Å². The van der Waals surface area contributed by atoms with Crippen LogP contribution in [0, 0.1) is 5.92 Å². The molecule has 1 atom stereocenters. The van der Waals surface area contributed by atoms with E-state index in [1.807, 2.05) is 68.4 Å². The molecule has 2 rings (SSSR count). The molecule has 6 heteroatoms. The Bertz CT molecular complexity index is 703. The van der Waals surface area contributed by atoms with E-state index in [0.29, 0.717) is 6.54 Å². The van der Waals surface area contributed by atoms with Crippen LogP contribution in [0.25, 0.3) is 0 Å². The number of carbonyl (C=O) groups is 2. The monoisotopic (exact) mass is 375 g/mol. The zero-order valence-electron chi connectivity index (χ0n) is 15.1. The summed E-state index contributed by atoms with van der Waals surface area (Å²) in [5.41, 5.74) is 8.38. The molecule has 0 aromatic heterocycles. The molecule has 4 N–H and O–H groups in total. The molecule has 140 valence electrons. The van der Waals surface area contributed by atoms with E-state index in [9.17, 15) is 9.59 Å². The van der Waals surface area contributed by atoms with Crippen LogP contribution in [0.4, 0.5) is 5.69 Å². The van der Waals surface area contributed by atoms with Gasteiger partial charge in [0.05, 0.1) is 5.92 Å². The summed E-state index contributed by atoms with van der Waals surface area (Å²) in [4.78, 5) is 24.1. The molecule has 0 bridgehead atoms. The number of amides is 2. The van der Waals surface area contributed by atoms with Gasteiger partial charge in [0.15, 0.2) is 0 Å². The van der Waals surface area contributed by atoms with Crippen molar-refractivity contribution >= 4 is 29.9 Å². The van der Waals surface area contributed by atoms with Crippen LogP contribution in [0.5, 0.6) is 0 Å². The maximum absolute atomic E-state index is 12.4. The van der Waals surface area contributed by atoms with Crippen molar-refractivity contribution < 1.29 is 9.59 Å². The van der Waals surface area contributed by atoms with Gasteiger partial charge in [-0.1, -0.05) is 56.3 Å². The molecule has 1 unspecified atom stereocenters. The fourth-order valence-corrected chi connectivity index (χ4v) is 2.38. The van der Waals surface area contributed by atoms with Crippen LogP contribution in [0.2, 0.25) is 0 Å². The second-order valence-corrected chi connectivity index (χ2v) is 6.26. The Kier molecular flexibility index (Phi) is 8.82. The van der Waals surface area contributed by atoms with Gasteiger partial charge >= 0.3 is 0 Å². The molecule has 0 aliphatic heterocycles. The summed E-state index contributed by atoms with van der Waals surface area (Å²) in [7, 11) is 0. The molecule has 5 nitrogen and oxygen atoms in total. The summed E-state index contributed by atoms with van der Waals surface area (Å²) < 4.78 is 0. The largest absolute Gasteiger partial charge is 0.351 e. The first-order chi connectivity index (χ1) is 12.0. The summed E-state index contributed by atoms with van der Waals surface area (Å²) in [6.07, 6.45) is 0. The zero-order chi connectivity index (χ0) is 18.2. The average Bonchev–Trinajstić information content (AvgIpc) is 2.62. The zero-order valence-corrected chi connectivity index (χ0v) is 15.9. The van der Waals surface area contributed by atoms with Gasteiger partial charge in [0.25, 0.3) is 0 Å². The fourth-order valence-electron chi connectivity index (χ4n) is 2.38. The molecule has 2 aromatic carbocycles. The van der Waals surface area contributed by atoms with Gasteiger partial charge in [0.1, 0.15) is 0 Å². The van der Waals surface area contributed by atoms with Gasteiger partial charge in [0.2, 0.25) is 11.8 Å². The van der Waals surface area contributed by atoms with Crippen molar-refractivity contribution in [3.8, 4) is 0 Å². The highest BCUT2D eigenvalue weighted by Gasteiger charge is 2.18. The molecule has 0 spiro atoms. The molecule has 2 amide bonds. The molecule has 0 heterocycles. The fraction of sp³-hybridized carbons (Fsp3) is 0.300. The summed E-state index contributed by atoms with van der Waals surface area (Å²) >= 11 is 0. The lowest BCUT2D eigenvalue weighted by molar-refractivity contribution is -0.122. The van der Waals surface area contributed by atoms with Gasteiger partial charge in [-0.2, -0.15) is 0 Å². The first kappa shape index (κ1) is 21.7. The van der Waals surface area contributed by atoms with Crippen LogP contribution >= 0.6 is 12.4 Å². The maximum Gasteiger partial charge on any atom is 0.229 e. The highest BCUT2D eigenvalue weighted by Crippen LogP contribution is 2.15. The van der Waals surface area contributed by atoms with Gasteiger partial charge in [-0.05, 0) is 23.3 Å². The quantitative estimate of drug-likeness (QED) is 0.695. The normalized spacial score (nSPS) is 11.4. The predicted molar refractivity (Wildman–Crippen MR) is 107 cm³/mol. The minimum atomic E-state index is -0.356. The lowest BCUT2D eigenvalue weighted by atomic mass is 9.98. The number of nitrogens with one attached hydrogen (secondary N) is 2. The lowest BCUT2D eigenvalue weighted by Gasteiger charge is -2.15. The van der Waals surface area contributed by atoms with Gasteiger partial charge in [-0.15, -0.1) is 12.4 Å². The average molecular weight is 376 g/mol. The first-order valence-electron chi connectivity index (χ1n) is 8.43. The van der Waals surface area contributed by atoms with Gasteiger partial charge < -0.3 is 16.4 Å². The number of hydrogen-bond acceptors (Lipinski definition) is 3. The third kappa shape index (κ3) is 6.17. The van der Waals surface area contributed by atoms with E-state index in [-0.39, 0.29) is 42.6 Å². The summed E-state index contributed by atoms with van der Waals surface area (Å²) in [6.45, 7) is 4.37. The number of benzene rings is 2. The van der Waals surface area contributed by atoms with Crippen molar-refractivity contribution in [3.63, 3.8) is 0 Å². The molecular weight excluding hydrogens is 350 g/mol. The van der Waals surface area contributed by atoms with Crippen molar-refractivity contribution in [2.24, 2.45) is 11.7 Å². The number of anilines is 1. The molecule has 0 saturated carbocycles. The van der Waals surface area contributed by atoms with E-state index in [2.05, 4.69) is 10.6 Å². The minimum absolute atomic E-state index is 0. The van der Waals surface area contributed by atoms with E-state index >= 15 is 0 Å². The van der Waals surface area contributed by atoms with Crippen LogP contribution in [-0.4, -0.2) is 18.4 Å². The molecule has 0 radical (unpaired) electrons. The second kappa shape index (κ2) is 10.6. The number of halogens is 1. The van der Waals surface area contributed by atoms with Crippen molar-refractivity contribution in [2.75, 3.05) is 11.9 Å². The number of carbonyl (C=O) groups excluding carboxylic acids is 2. The molecule has 0 saturated heterocycles. The first-order valence-corrected chi connectivity index (χ1v) is 8.43. The van der Waals surface area contributed by atoms with Gasteiger partial charge in [-0.25, -0.2) is 0 Å². The smallest absolute Gasteiger partial charge is 0.229 e. The van der Waals surface area contributed by atoms with E-state index in [0.717, 1.165) is 16.8 Å². The van der Waals surface area contributed by atoms with Crippen LogP contribution < -0.4 is 16.4 Å². The molecule has 0 aliphatic rings. The third-order valence-corrected chi connectivity index (χ3v) is 3.97. The number of hydrogen-bond donors (Lipinski definition) is 3. The predicted octanol–water partition coefficient (Wildman–Crippen LogP) is 3.06. The Labute approximate surface area is 160 Å². The van der Waals surface area contributed by atoms with Crippen molar-refractivity contribution in [3.05, 3.63) is 65.7 Å². The molecule has 0 aliphatic carbocycles. The lowest BCUT2D eigenvalue weighted by Crippen LogP contribution is -2.33. The Hall–Kier alpha value is -2.37. The van der Waals surface area contributed by atoms with Crippen molar-refractivity contribution in [1.29, 1.82) is 0 Å². The van der Waals surface area contributed by atoms with E-state index in [1.165, 1.54) is 0 Å². The second-order valence-electron chi connectivity index (χ2n) is 6.26. The minimum Gasteiger partial charge on any atom is -0.351 e. The number of rotatable bonds is 7.